The van der Waals surface area contributed by atoms with Crippen LogP contribution in [0, 0.1) is 0 Å². The van der Waals surface area contributed by atoms with Crippen LogP contribution < -0.4 is 0 Å². The Morgan fingerprint density at radius 1 is 1.17 bits per heavy atom. The molecular formula is C15H27ClO2. The van der Waals surface area contributed by atoms with Crippen molar-refractivity contribution in [3.05, 3.63) is 12.2 Å². The number of carboxylic acids is 1. The molecular weight excluding hydrogens is 248 g/mol. The zero-order valence-corrected chi connectivity index (χ0v) is 12.3. The number of hydrogen-bond acceptors (Lipinski definition) is 1. The smallest absolute Gasteiger partial charge is 0.303 e. The van der Waals surface area contributed by atoms with Gasteiger partial charge in [-0.3, -0.25) is 4.79 Å². The van der Waals surface area contributed by atoms with Gasteiger partial charge in [-0.2, -0.15) is 0 Å². The van der Waals surface area contributed by atoms with Crippen molar-refractivity contribution in [1.82, 2.24) is 0 Å². The molecule has 0 saturated heterocycles. The molecule has 0 aromatic heterocycles. The molecule has 0 saturated carbocycles. The van der Waals surface area contributed by atoms with Gasteiger partial charge in [-0.1, -0.05) is 51.2 Å². The first-order chi connectivity index (χ1) is 8.66. The van der Waals surface area contributed by atoms with E-state index in [1.807, 2.05) is 0 Å². The van der Waals surface area contributed by atoms with Crippen molar-refractivity contribution in [3.63, 3.8) is 0 Å². The molecule has 0 radical (unpaired) electrons. The van der Waals surface area contributed by atoms with Crippen molar-refractivity contribution in [2.24, 2.45) is 0 Å². The monoisotopic (exact) mass is 274 g/mol. The van der Waals surface area contributed by atoms with E-state index in [-0.39, 0.29) is 5.38 Å². The highest BCUT2D eigenvalue weighted by atomic mass is 35.5. The highest BCUT2D eigenvalue weighted by Crippen LogP contribution is 2.13. The van der Waals surface area contributed by atoms with E-state index >= 15 is 0 Å². The lowest BCUT2D eigenvalue weighted by Crippen LogP contribution is -1.95. The molecule has 0 aliphatic heterocycles. The zero-order valence-electron chi connectivity index (χ0n) is 11.5. The van der Waals surface area contributed by atoms with Gasteiger partial charge in [0.05, 0.1) is 5.38 Å². The van der Waals surface area contributed by atoms with Crippen molar-refractivity contribution in [1.29, 1.82) is 0 Å². The molecule has 0 aliphatic carbocycles. The summed E-state index contributed by atoms with van der Waals surface area (Å²) in [4.78, 5) is 10.3. The molecule has 0 bridgehead atoms. The summed E-state index contributed by atoms with van der Waals surface area (Å²) < 4.78 is 0. The largest absolute Gasteiger partial charge is 0.481 e. The van der Waals surface area contributed by atoms with Crippen LogP contribution >= 0.6 is 11.6 Å². The van der Waals surface area contributed by atoms with Crippen molar-refractivity contribution in [3.8, 4) is 0 Å². The van der Waals surface area contributed by atoms with E-state index in [1.54, 1.807) is 0 Å². The summed E-state index contributed by atoms with van der Waals surface area (Å²) >= 11 is 6.18. The predicted octanol–water partition coefficient (Wildman–Crippen LogP) is 5.16. The van der Waals surface area contributed by atoms with E-state index in [4.69, 9.17) is 16.7 Å². The number of hydrogen-bond donors (Lipinski definition) is 1. The Bertz CT molecular complexity index is 227. The minimum absolute atomic E-state index is 0.145. The first kappa shape index (κ1) is 17.5. The molecule has 106 valence electrons. The Balaban J connectivity index is 3.30. The first-order valence-electron chi connectivity index (χ1n) is 7.19. The third-order valence-corrected chi connectivity index (χ3v) is 3.30. The molecule has 0 fully saturated rings. The molecule has 3 heteroatoms. The summed E-state index contributed by atoms with van der Waals surface area (Å²) in [7, 11) is 0. The molecule has 1 unspecified atom stereocenters. The normalized spacial score (nSPS) is 13.0. The van der Waals surface area contributed by atoms with Gasteiger partial charge in [-0.15, -0.1) is 11.6 Å². The van der Waals surface area contributed by atoms with Crippen molar-refractivity contribution < 1.29 is 9.90 Å². The van der Waals surface area contributed by atoms with Crippen LogP contribution in [0.15, 0.2) is 12.2 Å². The van der Waals surface area contributed by atoms with Gasteiger partial charge in [0.2, 0.25) is 0 Å². The first-order valence-corrected chi connectivity index (χ1v) is 7.63. The van der Waals surface area contributed by atoms with Gasteiger partial charge in [0.1, 0.15) is 0 Å². The van der Waals surface area contributed by atoms with Crippen LogP contribution in [0.4, 0.5) is 0 Å². The van der Waals surface area contributed by atoms with Crippen LogP contribution in [0.3, 0.4) is 0 Å². The molecule has 1 atom stereocenters. The van der Waals surface area contributed by atoms with Crippen LogP contribution in [0.2, 0.25) is 0 Å². The molecule has 0 heterocycles. The van der Waals surface area contributed by atoms with Gasteiger partial charge < -0.3 is 5.11 Å². The van der Waals surface area contributed by atoms with Gasteiger partial charge in [-0.25, -0.2) is 0 Å². The summed E-state index contributed by atoms with van der Waals surface area (Å²) in [5, 5.41) is 8.63. The number of aliphatic carboxylic acids is 1. The molecule has 18 heavy (non-hydrogen) atoms. The van der Waals surface area contributed by atoms with E-state index < -0.39 is 5.97 Å². The quantitative estimate of drug-likeness (QED) is 0.303. The number of unbranched alkanes of at least 4 members (excludes halogenated alkanes) is 6. The summed E-state index contributed by atoms with van der Waals surface area (Å²) in [6, 6.07) is 0. The molecule has 2 nitrogen and oxygen atoms in total. The maximum absolute atomic E-state index is 10.3. The maximum Gasteiger partial charge on any atom is 0.303 e. The molecule has 1 N–H and O–H groups in total. The molecule has 0 spiro atoms. The molecule has 0 aliphatic rings. The van der Waals surface area contributed by atoms with Gasteiger partial charge in [0.15, 0.2) is 0 Å². The Hall–Kier alpha value is -0.500. The average Bonchev–Trinajstić information content (AvgIpc) is 2.33. The van der Waals surface area contributed by atoms with E-state index in [1.165, 1.54) is 19.3 Å². The van der Waals surface area contributed by atoms with Crippen LogP contribution in [0.25, 0.3) is 0 Å². The lowest BCUT2D eigenvalue weighted by atomic mass is 10.1. The van der Waals surface area contributed by atoms with E-state index in [9.17, 15) is 4.79 Å². The van der Waals surface area contributed by atoms with Crippen LogP contribution in [-0.2, 0) is 4.79 Å². The van der Waals surface area contributed by atoms with Gasteiger partial charge in [0, 0.05) is 6.42 Å². The Labute approximate surface area is 116 Å². The van der Waals surface area contributed by atoms with E-state index in [0.717, 1.165) is 38.5 Å². The average molecular weight is 275 g/mol. The Kier molecular flexibility index (Phi) is 12.6. The van der Waals surface area contributed by atoms with E-state index in [0.29, 0.717) is 6.42 Å². The van der Waals surface area contributed by atoms with Crippen molar-refractivity contribution >= 4 is 17.6 Å². The van der Waals surface area contributed by atoms with Gasteiger partial charge in [-0.05, 0) is 25.7 Å². The standard InChI is InChI=1S/C15H27ClO2/c1-2-3-4-5-8-11-14(16)12-9-6-7-10-13-15(17)18/h8,11,14H,2-7,9-10,12-13H2,1H3,(H,17,18). The fraction of sp³-hybridized carbons (Fsp3) is 0.800. The second-order valence-electron chi connectivity index (χ2n) is 4.79. The molecule has 0 rings (SSSR count). The summed E-state index contributed by atoms with van der Waals surface area (Å²) in [5.41, 5.74) is 0. The highest BCUT2D eigenvalue weighted by molar-refractivity contribution is 6.21. The number of carbonyl (C=O) groups is 1. The number of halogens is 1. The minimum Gasteiger partial charge on any atom is -0.481 e. The number of allylic oxidation sites excluding steroid dienone is 2. The lowest BCUT2D eigenvalue weighted by molar-refractivity contribution is -0.137. The van der Waals surface area contributed by atoms with Gasteiger partial charge in [0.25, 0.3) is 0 Å². The molecule has 0 amide bonds. The fourth-order valence-electron chi connectivity index (χ4n) is 1.82. The van der Waals surface area contributed by atoms with Crippen LogP contribution in [0.1, 0.15) is 71.1 Å². The number of alkyl halides is 1. The second kappa shape index (κ2) is 12.9. The molecule has 0 aromatic carbocycles. The zero-order chi connectivity index (χ0) is 13.6. The fourth-order valence-corrected chi connectivity index (χ4v) is 2.08. The Morgan fingerprint density at radius 2 is 1.89 bits per heavy atom. The number of rotatable bonds is 12. The summed E-state index contributed by atoms with van der Waals surface area (Å²) in [6.07, 6.45) is 14.5. The van der Waals surface area contributed by atoms with Gasteiger partial charge >= 0.3 is 5.97 Å². The van der Waals surface area contributed by atoms with E-state index in [2.05, 4.69) is 19.1 Å². The summed E-state index contributed by atoms with van der Waals surface area (Å²) in [6.45, 7) is 2.21. The number of carboxylic acid groups (broad SMARTS) is 1. The third kappa shape index (κ3) is 13.6. The highest BCUT2D eigenvalue weighted by Gasteiger charge is 2.00. The van der Waals surface area contributed by atoms with Crippen molar-refractivity contribution in [2.45, 2.75) is 76.5 Å². The van der Waals surface area contributed by atoms with Crippen LogP contribution in [0.5, 0.6) is 0 Å². The third-order valence-electron chi connectivity index (χ3n) is 2.94. The van der Waals surface area contributed by atoms with Crippen LogP contribution in [-0.4, -0.2) is 16.5 Å². The lowest BCUT2D eigenvalue weighted by Gasteiger charge is -2.04. The topological polar surface area (TPSA) is 37.3 Å². The molecule has 0 aromatic rings. The minimum atomic E-state index is -0.694. The Morgan fingerprint density at radius 3 is 2.56 bits per heavy atom. The maximum atomic E-state index is 10.3. The second-order valence-corrected chi connectivity index (χ2v) is 5.35. The van der Waals surface area contributed by atoms with Crippen molar-refractivity contribution in [2.75, 3.05) is 0 Å². The summed E-state index contributed by atoms with van der Waals surface area (Å²) in [5.74, 6) is -0.694. The SMILES string of the molecule is CCCCCC=CC(Cl)CCCCCCC(=O)O. The predicted molar refractivity (Wildman–Crippen MR) is 78.3 cm³/mol.